The minimum absolute atomic E-state index is 0. The van der Waals surface area contributed by atoms with Crippen molar-refractivity contribution in [2.24, 2.45) is 4.99 Å². The molecule has 1 aliphatic heterocycles. The molecule has 1 atom stereocenters. The number of aliphatic imine (C=N–C) groups is 1. The number of nitrogens with zero attached hydrogens (tertiary/aromatic N) is 3. The Bertz CT molecular complexity index is 534. The number of halogens is 1. The summed E-state index contributed by atoms with van der Waals surface area (Å²) in [7, 11) is 1.83. The van der Waals surface area contributed by atoms with Gasteiger partial charge >= 0.3 is 0 Å². The first kappa shape index (κ1) is 19.5. The molecule has 0 amide bonds. The second kappa shape index (κ2) is 9.03. The van der Waals surface area contributed by atoms with Crippen LogP contribution in [0.2, 0.25) is 0 Å². The van der Waals surface area contributed by atoms with Gasteiger partial charge in [0.15, 0.2) is 5.96 Å². The van der Waals surface area contributed by atoms with Gasteiger partial charge in [0.2, 0.25) is 0 Å². The third-order valence-corrected chi connectivity index (χ3v) is 5.24. The molecule has 1 saturated carbocycles. The lowest BCUT2D eigenvalue weighted by Gasteiger charge is -2.24. The van der Waals surface area contributed by atoms with Crippen LogP contribution in [0.25, 0.3) is 0 Å². The lowest BCUT2D eigenvalue weighted by atomic mass is 10.2. The summed E-state index contributed by atoms with van der Waals surface area (Å²) >= 11 is 0. The lowest BCUT2D eigenvalue weighted by molar-refractivity contribution is 0.242. The molecule has 2 N–H and O–H groups in total. The molecule has 0 radical (unpaired) electrons. The first-order valence-electron chi connectivity index (χ1n) is 8.80. The summed E-state index contributed by atoms with van der Waals surface area (Å²) in [6.07, 6.45) is 6.76. The van der Waals surface area contributed by atoms with Crippen LogP contribution in [0.4, 0.5) is 0 Å². The van der Waals surface area contributed by atoms with Crippen LogP contribution in [0.15, 0.2) is 9.52 Å². The summed E-state index contributed by atoms with van der Waals surface area (Å²) in [4.78, 5) is 7.02. The molecule has 1 aromatic heterocycles. The summed E-state index contributed by atoms with van der Waals surface area (Å²) in [6.45, 7) is 6.96. The van der Waals surface area contributed by atoms with E-state index in [0.29, 0.717) is 12.6 Å². The molecule has 0 spiro atoms. The number of hydrogen-bond acceptors (Lipinski definition) is 4. The standard InChI is InChI=1S/C17H29N5O.HI/c1-12-16(13(2)23-21-12)10-19-17(18-3)20-14-8-9-22(11-14)15-6-4-5-7-15;/h14-15H,4-11H2,1-3H3,(H2,18,19,20);1H. The Kier molecular flexibility index (Phi) is 7.34. The first-order chi connectivity index (χ1) is 11.2. The second-order valence-electron chi connectivity index (χ2n) is 6.79. The molecule has 0 aromatic carbocycles. The zero-order valence-corrected chi connectivity index (χ0v) is 17.3. The molecule has 2 heterocycles. The minimum Gasteiger partial charge on any atom is -0.361 e. The van der Waals surface area contributed by atoms with Crippen molar-refractivity contribution in [1.82, 2.24) is 20.7 Å². The van der Waals surface area contributed by atoms with Crippen molar-refractivity contribution in [2.75, 3.05) is 20.1 Å². The fourth-order valence-electron chi connectivity index (χ4n) is 3.82. The molecule has 7 heteroatoms. The Labute approximate surface area is 161 Å². The normalized spacial score (nSPS) is 22.6. The number of hydrogen-bond donors (Lipinski definition) is 2. The molecule has 1 aliphatic carbocycles. The fraction of sp³-hybridized carbons (Fsp3) is 0.765. The van der Waals surface area contributed by atoms with Gasteiger partial charge in [0, 0.05) is 44.3 Å². The maximum atomic E-state index is 5.21. The topological polar surface area (TPSA) is 65.7 Å². The van der Waals surface area contributed by atoms with Crippen LogP contribution in [-0.4, -0.2) is 48.2 Å². The zero-order chi connectivity index (χ0) is 16.2. The van der Waals surface area contributed by atoms with Crippen molar-refractivity contribution < 1.29 is 4.52 Å². The van der Waals surface area contributed by atoms with Gasteiger partial charge in [-0.05, 0) is 33.1 Å². The van der Waals surface area contributed by atoms with Crippen LogP contribution in [0.3, 0.4) is 0 Å². The van der Waals surface area contributed by atoms with E-state index in [0.717, 1.165) is 35.6 Å². The van der Waals surface area contributed by atoms with Crippen molar-refractivity contribution in [3.05, 3.63) is 17.0 Å². The van der Waals surface area contributed by atoms with E-state index in [2.05, 4.69) is 25.7 Å². The van der Waals surface area contributed by atoms with Gasteiger partial charge in [-0.15, -0.1) is 24.0 Å². The van der Waals surface area contributed by atoms with E-state index in [1.165, 1.54) is 38.6 Å². The van der Waals surface area contributed by atoms with Gasteiger partial charge in [0.05, 0.1) is 5.69 Å². The van der Waals surface area contributed by atoms with Crippen LogP contribution in [0, 0.1) is 13.8 Å². The van der Waals surface area contributed by atoms with E-state index in [9.17, 15) is 0 Å². The molecular formula is C17H30IN5O. The third kappa shape index (κ3) is 4.62. The van der Waals surface area contributed by atoms with Crippen molar-refractivity contribution in [3.8, 4) is 0 Å². The number of likely N-dealkylation sites (tertiary alicyclic amines) is 1. The van der Waals surface area contributed by atoms with E-state index in [1.807, 2.05) is 20.9 Å². The molecule has 1 aromatic rings. The summed E-state index contributed by atoms with van der Waals surface area (Å²) in [5.41, 5.74) is 2.06. The van der Waals surface area contributed by atoms with Crippen molar-refractivity contribution in [3.63, 3.8) is 0 Å². The number of rotatable bonds is 4. The minimum atomic E-state index is 0. The van der Waals surface area contributed by atoms with Crippen molar-refractivity contribution in [1.29, 1.82) is 0 Å². The average molecular weight is 447 g/mol. The predicted octanol–water partition coefficient (Wildman–Crippen LogP) is 2.59. The van der Waals surface area contributed by atoms with Crippen molar-refractivity contribution >= 4 is 29.9 Å². The highest BCUT2D eigenvalue weighted by Crippen LogP contribution is 2.26. The fourth-order valence-corrected chi connectivity index (χ4v) is 3.82. The van der Waals surface area contributed by atoms with Crippen LogP contribution >= 0.6 is 24.0 Å². The number of nitrogens with one attached hydrogen (secondary N) is 2. The van der Waals surface area contributed by atoms with Gasteiger partial charge in [0.25, 0.3) is 0 Å². The molecule has 1 saturated heterocycles. The predicted molar refractivity (Wildman–Crippen MR) is 107 cm³/mol. The largest absolute Gasteiger partial charge is 0.361 e. The summed E-state index contributed by atoms with van der Waals surface area (Å²) < 4.78 is 5.21. The van der Waals surface area contributed by atoms with E-state index < -0.39 is 0 Å². The molecule has 1 unspecified atom stereocenters. The third-order valence-electron chi connectivity index (χ3n) is 5.24. The van der Waals surface area contributed by atoms with Gasteiger partial charge < -0.3 is 15.2 Å². The first-order valence-corrected chi connectivity index (χ1v) is 8.80. The van der Waals surface area contributed by atoms with Gasteiger partial charge in [-0.3, -0.25) is 9.89 Å². The smallest absolute Gasteiger partial charge is 0.191 e. The van der Waals surface area contributed by atoms with E-state index in [-0.39, 0.29) is 24.0 Å². The monoisotopic (exact) mass is 447 g/mol. The Morgan fingerprint density at radius 2 is 2.04 bits per heavy atom. The molecule has 2 aliphatic rings. The van der Waals surface area contributed by atoms with Gasteiger partial charge in [-0.1, -0.05) is 18.0 Å². The highest BCUT2D eigenvalue weighted by molar-refractivity contribution is 14.0. The molecule has 136 valence electrons. The SMILES string of the molecule is CN=C(NCc1c(C)noc1C)NC1CCN(C2CCCC2)C1.I. The Morgan fingerprint density at radius 3 is 2.67 bits per heavy atom. The van der Waals surface area contributed by atoms with Crippen LogP contribution in [0.5, 0.6) is 0 Å². The highest BCUT2D eigenvalue weighted by Gasteiger charge is 2.30. The molecule has 24 heavy (non-hydrogen) atoms. The Morgan fingerprint density at radius 1 is 1.29 bits per heavy atom. The Hall–Kier alpha value is -0.830. The summed E-state index contributed by atoms with van der Waals surface area (Å²) in [5, 5.41) is 10.9. The number of aryl methyl sites for hydroxylation is 2. The van der Waals surface area contributed by atoms with Crippen LogP contribution < -0.4 is 10.6 Å². The van der Waals surface area contributed by atoms with Gasteiger partial charge in [-0.25, -0.2) is 0 Å². The highest BCUT2D eigenvalue weighted by atomic mass is 127. The average Bonchev–Trinajstić information content (AvgIpc) is 3.27. The van der Waals surface area contributed by atoms with E-state index in [4.69, 9.17) is 4.52 Å². The van der Waals surface area contributed by atoms with Crippen LogP contribution in [0.1, 0.15) is 49.1 Å². The number of guanidine groups is 1. The summed E-state index contributed by atoms with van der Waals surface area (Å²) in [5.74, 6) is 1.74. The maximum Gasteiger partial charge on any atom is 0.191 e. The molecule has 2 fully saturated rings. The Balaban J connectivity index is 0.00000208. The molecule has 3 rings (SSSR count). The van der Waals surface area contributed by atoms with Gasteiger partial charge in [-0.2, -0.15) is 0 Å². The molecular weight excluding hydrogens is 417 g/mol. The summed E-state index contributed by atoms with van der Waals surface area (Å²) in [6, 6.07) is 1.31. The van der Waals surface area contributed by atoms with E-state index in [1.54, 1.807) is 0 Å². The maximum absolute atomic E-state index is 5.21. The molecule has 0 bridgehead atoms. The van der Waals surface area contributed by atoms with E-state index >= 15 is 0 Å². The van der Waals surface area contributed by atoms with Crippen LogP contribution in [-0.2, 0) is 6.54 Å². The number of aromatic nitrogens is 1. The second-order valence-corrected chi connectivity index (χ2v) is 6.79. The van der Waals surface area contributed by atoms with Gasteiger partial charge in [0.1, 0.15) is 5.76 Å². The molecule has 6 nitrogen and oxygen atoms in total. The lowest BCUT2D eigenvalue weighted by Crippen LogP contribution is -2.45. The zero-order valence-electron chi connectivity index (χ0n) is 15.0. The van der Waals surface area contributed by atoms with Crippen molar-refractivity contribution in [2.45, 2.75) is 64.6 Å². The quantitative estimate of drug-likeness (QED) is 0.422.